The highest BCUT2D eigenvalue weighted by atomic mass is 16.6. The molecule has 0 aliphatic carbocycles. The van der Waals surface area contributed by atoms with Crippen molar-refractivity contribution >= 4 is 6.09 Å². The van der Waals surface area contributed by atoms with Crippen molar-refractivity contribution in [3.8, 4) is 0 Å². The fourth-order valence-electron chi connectivity index (χ4n) is 2.69. The molecule has 2 unspecified atom stereocenters. The molecule has 0 aromatic heterocycles. The molecule has 1 amide bonds. The van der Waals surface area contributed by atoms with E-state index in [1.54, 1.807) is 0 Å². The van der Waals surface area contributed by atoms with Gasteiger partial charge in [-0.2, -0.15) is 0 Å². The Balaban J connectivity index is 2.61. The standard InChI is InChI=1S/C16H31NO2/c1-12-8-9-17(14(18)19-16(5,6)7)11-13(12)10-15(2,3)4/h12-13H,8-11H2,1-7H3. The van der Waals surface area contributed by atoms with E-state index in [1.165, 1.54) is 0 Å². The van der Waals surface area contributed by atoms with Gasteiger partial charge in [-0.1, -0.05) is 27.7 Å². The molecule has 0 saturated carbocycles. The van der Waals surface area contributed by atoms with E-state index in [1.807, 2.05) is 25.7 Å². The maximum Gasteiger partial charge on any atom is 0.410 e. The molecular formula is C16H31NO2. The van der Waals surface area contributed by atoms with Crippen molar-refractivity contribution in [3.63, 3.8) is 0 Å². The topological polar surface area (TPSA) is 29.5 Å². The van der Waals surface area contributed by atoms with Crippen molar-refractivity contribution < 1.29 is 9.53 Å². The molecule has 0 aromatic rings. The molecule has 0 N–H and O–H groups in total. The predicted octanol–water partition coefficient (Wildman–Crippen LogP) is 4.32. The highest BCUT2D eigenvalue weighted by molar-refractivity contribution is 5.68. The molecule has 0 radical (unpaired) electrons. The van der Waals surface area contributed by atoms with Gasteiger partial charge in [-0.15, -0.1) is 0 Å². The predicted molar refractivity (Wildman–Crippen MR) is 79.2 cm³/mol. The van der Waals surface area contributed by atoms with E-state index < -0.39 is 5.60 Å². The zero-order valence-electron chi connectivity index (χ0n) is 13.7. The van der Waals surface area contributed by atoms with E-state index in [0.717, 1.165) is 25.9 Å². The number of nitrogens with zero attached hydrogens (tertiary/aromatic N) is 1. The molecule has 1 heterocycles. The maximum absolute atomic E-state index is 12.1. The second-order valence-corrected chi connectivity index (χ2v) is 8.22. The lowest BCUT2D eigenvalue weighted by molar-refractivity contribution is 0.00767. The summed E-state index contributed by atoms with van der Waals surface area (Å²) in [5.41, 5.74) is -0.0878. The Kier molecular flexibility index (Phi) is 4.91. The van der Waals surface area contributed by atoms with Crippen LogP contribution in [-0.4, -0.2) is 29.7 Å². The number of carbonyl (C=O) groups excluding carboxylic acids is 1. The second-order valence-electron chi connectivity index (χ2n) is 8.22. The summed E-state index contributed by atoms with van der Waals surface area (Å²) in [4.78, 5) is 14.0. The summed E-state index contributed by atoms with van der Waals surface area (Å²) >= 11 is 0. The number of hydrogen-bond acceptors (Lipinski definition) is 2. The van der Waals surface area contributed by atoms with Crippen LogP contribution in [0.3, 0.4) is 0 Å². The van der Waals surface area contributed by atoms with Crippen LogP contribution < -0.4 is 0 Å². The second kappa shape index (κ2) is 5.72. The summed E-state index contributed by atoms with van der Waals surface area (Å²) in [5.74, 6) is 1.28. The van der Waals surface area contributed by atoms with Crippen LogP contribution in [0.5, 0.6) is 0 Å². The lowest BCUT2D eigenvalue weighted by atomic mass is 9.76. The number of piperidine rings is 1. The number of rotatable bonds is 1. The molecule has 1 aliphatic heterocycles. The fraction of sp³-hybridized carbons (Fsp3) is 0.938. The molecule has 0 aromatic carbocycles. The summed E-state index contributed by atoms with van der Waals surface area (Å²) in [7, 11) is 0. The highest BCUT2D eigenvalue weighted by Gasteiger charge is 2.33. The Morgan fingerprint density at radius 2 is 1.79 bits per heavy atom. The van der Waals surface area contributed by atoms with Gasteiger partial charge in [0.25, 0.3) is 0 Å². The molecule has 1 rings (SSSR count). The van der Waals surface area contributed by atoms with Crippen molar-refractivity contribution in [1.82, 2.24) is 4.90 Å². The van der Waals surface area contributed by atoms with Crippen molar-refractivity contribution in [2.45, 2.75) is 66.9 Å². The zero-order valence-corrected chi connectivity index (χ0v) is 13.7. The summed E-state index contributed by atoms with van der Waals surface area (Å²) in [5, 5.41) is 0. The molecule has 112 valence electrons. The summed E-state index contributed by atoms with van der Waals surface area (Å²) < 4.78 is 5.48. The van der Waals surface area contributed by atoms with Gasteiger partial charge in [0.1, 0.15) is 5.60 Å². The Hall–Kier alpha value is -0.730. The van der Waals surface area contributed by atoms with Gasteiger partial charge >= 0.3 is 6.09 Å². The molecule has 19 heavy (non-hydrogen) atoms. The van der Waals surface area contributed by atoms with Gasteiger partial charge in [0.2, 0.25) is 0 Å². The average Bonchev–Trinajstić information content (AvgIpc) is 2.16. The third kappa shape index (κ3) is 5.84. The van der Waals surface area contributed by atoms with Crippen molar-refractivity contribution in [2.75, 3.05) is 13.1 Å². The van der Waals surface area contributed by atoms with Gasteiger partial charge in [0, 0.05) is 13.1 Å². The van der Waals surface area contributed by atoms with Crippen LogP contribution in [0.15, 0.2) is 0 Å². The molecule has 1 fully saturated rings. The summed E-state index contributed by atoms with van der Waals surface area (Å²) in [6, 6.07) is 0. The number of ether oxygens (including phenoxy) is 1. The molecular weight excluding hydrogens is 238 g/mol. The van der Waals surface area contributed by atoms with Crippen LogP contribution in [0, 0.1) is 17.3 Å². The minimum Gasteiger partial charge on any atom is -0.444 e. The maximum atomic E-state index is 12.1. The Morgan fingerprint density at radius 1 is 1.21 bits per heavy atom. The third-order valence-electron chi connectivity index (χ3n) is 3.64. The minimum atomic E-state index is -0.403. The molecule has 0 bridgehead atoms. The summed E-state index contributed by atoms with van der Waals surface area (Å²) in [6.07, 6.45) is 2.09. The number of likely N-dealkylation sites (tertiary alicyclic amines) is 1. The van der Waals surface area contributed by atoms with E-state index in [9.17, 15) is 4.79 Å². The molecule has 3 heteroatoms. The molecule has 1 aliphatic rings. The van der Waals surface area contributed by atoms with E-state index in [-0.39, 0.29) is 6.09 Å². The normalized spacial score (nSPS) is 25.3. The Morgan fingerprint density at radius 3 is 2.26 bits per heavy atom. The van der Waals surface area contributed by atoms with Crippen molar-refractivity contribution in [3.05, 3.63) is 0 Å². The Labute approximate surface area is 118 Å². The fourth-order valence-corrected chi connectivity index (χ4v) is 2.69. The first-order chi connectivity index (χ1) is 8.48. The largest absolute Gasteiger partial charge is 0.444 e. The van der Waals surface area contributed by atoms with Crippen LogP contribution in [0.25, 0.3) is 0 Å². The highest BCUT2D eigenvalue weighted by Crippen LogP contribution is 2.34. The molecule has 0 spiro atoms. The van der Waals surface area contributed by atoms with E-state index in [2.05, 4.69) is 27.7 Å². The van der Waals surface area contributed by atoms with Crippen LogP contribution in [0.1, 0.15) is 61.3 Å². The van der Waals surface area contributed by atoms with Crippen molar-refractivity contribution in [2.24, 2.45) is 17.3 Å². The van der Waals surface area contributed by atoms with E-state index in [0.29, 0.717) is 17.3 Å². The molecule has 3 nitrogen and oxygen atoms in total. The van der Waals surface area contributed by atoms with Crippen LogP contribution in [0.4, 0.5) is 4.79 Å². The van der Waals surface area contributed by atoms with Crippen LogP contribution in [0.2, 0.25) is 0 Å². The molecule has 1 saturated heterocycles. The van der Waals surface area contributed by atoms with E-state index in [4.69, 9.17) is 4.74 Å². The first kappa shape index (κ1) is 16.3. The lowest BCUT2D eigenvalue weighted by Crippen LogP contribution is -2.46. The zero-order chi connectivity index (χ0) is 14.8. The number of amides is 1. The average molecular weight is 269 g/mol. The lowest BCUT2D eigenvalue weighted by Gasteiger charge is -2.40. The minimum absolute atomic E-state index is 0.154. The quantitative estimate of drug-likeness (QED) is 0.709. The number of hydrogen-bond donors (Lipinski definition) is 0. The SMILES string of the molecule is CC1CCN(C(=O)OC(C)(C)C)CC1CC(C)(C)C. The van der Waals surface area contributed by atoms with Gasteiger partial charge in [0.15, 0.2) is 0 Å². The van der Waals surface area contributed by atoms with Gasteiger partial charge in [-0.3, -0.25) is 0 Å². The van der Waals surface area contributed by atoms with Gasteiger partial charge in [-0.25, -0.2) is 4.79 Å². The number of carbonyl (C=O) groups is 1. The van der Waals surface area contributed by atoms with Crippen LogP contribution >= 0.6 is 0 Å². The van der Waals surface area contributed by atoms with Gasteiger partial charge in [-0.05, 0) is 50.9 Å². The van der Waals surface area contributed by atoms with Gasteiger partial charge in [0.05, 0.1) is 0 Å². The van der Waals surface area contributed by atoms with Crippen LogP contribution in [-0.2, 0) is 4.74 Å². The van der Waals surface area contributed by atoms with Gasteiger partial charge < -0.3 is 9.64 Å². The first-order valence-electron chi connectivity index (χ1n) is 7.46. The Bertz CT molecular complexity index is 312. The monoisotopic (exact) mass is 269 g/mol. The summed E-state index contributed by atoms with van der Waals surface area (Å²) in [6.45, 7) is 16.6. The smallest absolute Gasteiger partial charge is 0.410 e. The molecule has 2 atom stereocenters. The van der Waals surface area contributed by atoms with Crippen molar-refractivity contribution in [1.29, 1.82) is 0 Å². The third-order valence-corrected chi connectivity index (χ3v) is 3.64. The first-order valence-corrected chi connectivity index (χ1v) is 7.46. The van der Waals surface area contributed by atoms with E-state index >= 15 is 0 Å².